The van der Waals surface area contributed by atoms with Gasteiger partial charge >= 0.3 is 5.97 Å². The van der Waals surface area contributed by atoms with Crippen molar-refractivity contribution in [3.63, 3.8) is 0 Å². The molecule has 198 valence electrons. The first-order chi connectivity index (χ1) is 17.3. The molecule has 8 nitrogen and oxygen atoms in total. The third kappa shape index (κ3) is 6.86. The summed E-state index contributed by atoms with van der Waals surface area (Å²) in [5.74, 6) is 0.230. The summed E-state index contributed by atoms with van der Waals surface area (Å²) in [5, 5.41) is 9.96. The van der Waals surface area contributed by atoms with Gasteiger partial charge in [0.25, 0.3) is 0 Å². The lowest BCUT2D eigenvalue weighted by Crippen LogP contribution is -2.49. The molecule has 1 N–H and O–H groups in total. The minimum absolute atomic E-state index is 0.0478. The van der Waals surface area contributed by atoms with Crippen molar-refractivity contribution in [1.82, 2.24) is 0 Å². The Morgan fingerprint density at radius 3 is 2.33 bits per heavy atom. The number of carbonyl (C=O) groups is 2. The first-order valence-electron chi connectivity index (χ1n) is 11.9. The molecule has 36 heavy (non-hydrogen) atoms. The SMILES string of the molecule is COCC(COC)N(c1ccc(Oc2sc(CO)cc2Br)cc1C(=O)OC)C(=O)[C@H]1CC[C@H](C)CC1. The average molecular weight is 585 g/mol. The van der Waals surface area contributed by atoms with Crippen LogP contribution in [0.4, 0.5) is 5.69 Å². The van der Waals surface area contributed by atoms with Gasteiger partial charge in [0.2, 0.25) is 5.91 Å². The number of halogens is 1. The zero-order valence-corrected chi connectivity index (χ0v) is 23.5. The van der Waals surface area contributed by atoms with Crippen molar-refractivity contribution < 1.29 is 33.6 Å². The Morgan fingerprint density at radius 1 is 1.11 bits per heavy atom. The number of esters is 1. The van der Waals surface area contributed by atoms with E-state index in [4.69, 9.17) is 18.9 Å². The fourth-order valence-corrected chi connectivity index (χ4v) is 6.02. The molecule has 1 amide bonds. The number of aliphatic hydroxyl groups excluding tert-OH is 1. The number of nitrogens with zero attached hydrogens (tertiary/aromatic N) is 1. The fourth-order valence-electron chi connectivity index (χ4n) is 4.50. The lowest BCUT2D eigenvalue weighted by Gasteiger charge is -2.36. The van der Waals surface area contributed by atoms with E-state index >= 15 is 0 Å². The normalized spacial score (nSPS) is 17.8. The number of ether oxygens (including phenoxy) is 4. The largest absolute Gasteiger partial charge is 0.465 e. The second kappa shape index (κ2) is 13.5. The summed E-state index contributed by atoms with van der Waals surface area (Å²) in [4.78, 5) is 29.2. The van der Waals surface area contributed by atoms with Crippen molar-refractivity contribution in [3.8, 4) is 10.8 Å². The molecule has 1 aliphatic carbocycles. The van der Waals surface area contributed by atoms with E-state index < -0.39 is 12.0 Å². The minimum Gasteiger partial charge on any atom is -0.465 e. The van der Waals surface area contributed by atoms with Gasteiger partial charge in [0, 0.05) is 25.0 Å². The summed E-state index contributed by atoms with van der Waals surface area (Å²) in [5.41, 5.74) is 0.637. The van der Waals surface area contributed by atoms with E-state index in [-0.39, 0.29) is 37.2 Å². The molecule has 1 fully saturated rings. The monoisotopic (exact) mass is 583 g/mol. The Bertz CT molecular complexity index is 1030. The Balaban J connectivity index is 2.04. The zero-order valence-electron chi connectivity index (χ0n) is 21.1. The highest BCUT2D eigenvalue weighted by Gasteiger charge is 2.35. The molecule has 1 heterocycles. The van der Waals surface area contributed by atoms with E-state index in [9.17, 15) is 14.7 Å². The van der Waals surface area contributed by atoms with Crippen molar-refractivity contribution in [3.05, 3.63) is 39.2 Å². The van der Waals surface area contributed by atoms with Crippen molar-refractivity contribution in [2.45, 2.75) is 45.3 Å². The molecule has 0 radical (unpaired) electrons. The van der Waals surface area contributed by atoms with Gasteiger partial charge in [-0.15, -0.1) is 11.3 Å². The first kappa shape index (κ1) is 28.6. The Kier molecular flexibility index (Phi) is 10.7. The van der Waals surface area contributed by atoms with Crippen LogP contribution in [0.2, 0.25) is 0 Å². The quantitative estimate of drug-likeness (QED) is 0.354. The lowest BCUT2D eigenvalue weighted by molar-refractivity contribution is -0.124. The maximum absolute atomic E-state index is 13.9. The Labute approximate surface area is 224 Å². The average Bonchev–Trinajstić information content (AvgIpc) is 3.24. The molecule has 0 saturated heterocycles. The van der Waals surface area contributed by atoms with E-state index in [1.165, 1.54) is 18.4 Å². The predicted octanol–water partition coefficient (Wildman–Crippen LogP) is 5.40. The van der Waals surface area contributed by atoms with Crippen LogP contribution in [-0.4, -0.2) is 57.6 Å². The summed E-state index contributed by atoms with van der Waals surface area (Å²) in [6.45, 7) is 2.60. The van der Waals surface area contributed by atoms with Gasteiger partial charge < -0.3 is 29.0 Å². The van der Waals surface area contributed by atoms with Gasteiger partial charge in [0.05, 0.1) is 48.7 Å². The number of rotatable bonds is 11. The van der Waals surface area contributed by atoms with Crippen LogP contribution < -0.4 is 9.64 Å². The van der Waals surface area contributed by atoms with Crippen LogP contribution >= 0.6 is 27.3 Å². The van der Waals surface area contributed by atoms with Crippen LogP contribution in [0, 0.1) is 11.8 Å². The standard InChI is InChI=1S/C26H34BrNO7S/c1-16-5-7-17(8-6-16)24(30)28(18(14-32-2)15-33-3)23-10-9-19(11-21(23)25(31)34-4)35-26-22(27)12-20(13-29)36-26/h9-12,16-18,29H,5-8,13-15H2,1-4H3/t16-,17-. The summed E-state index contributed by atoms with van der Waals surface area (Å²) >= 11 is 4.73. The second-order valence-electron chi connectivity index (χ2n) is 9.01. The number of hydrogen-bond acceptors (Lipinski definition) is 8. The van der Waals surface area contributed by atoms with Gasteiger partial charge in [0.1, 0.15) is 5.75 Å². The molecule has 1 aromatic carbocycles. The molecule has 0 unspecified atom stereocenters. The van der Waals surface area contributed by atoms with Crippen LogP contribution in [0.3, 0.4) is 0 Å². The molecule has 10 heteroatoms. The van der Waals surface area contributed by atoms with Gasteiger partial charge in [-0.05, 0) is 71.8 Å². The number of hydrogen-bond donors (Lipinski definition) is 1. The smallest absolute Gasteiger partial charge is 0.340 e. The Hall–Kier alpha value is -1.98. The van der Waals surface area contributed by atoms with E-state index in [2.05, 4.69) is 22.9 Å². The van der Waals surface area contributed by atoms with Gasteiger partial charge in [-0.2, -0.15) is 0 Å². The van der Waals surface area contributed by atoms with Crippen molar-refractivity contribution in [1.29, 1.82) is 0 Å². The molecule has 1 saturated carbocycles. The Morgan fingerprint density at radius 2 is 1.78 bits per heavy atom. The molecule has 0 atom stereocenters. The zero-order chi connectivity index (χ0) is 26.2. The summed E-state index contributed by atoms with van der Waals surface area (Å²) in [6, 6.07) is 6.34. The molecule has 2 aromatic rings. The molecule has 0 aliphatic heterocycles. The number of methoxy groups -OCH3 is 3. The summed E-state index contributed by atoms with van der Waals surface area (Å²) in [7, 11) is 4.45. The predicted molar refractivity (Wildman–Crippen MR) is 142 cm³/mol. The van der Waals surface area contributed by atoms with E-state index in [1.54, 1.807) is 43.4 Å². The molecular weight excluding hydrogens is 550 g/mol. The molecule has 1 aromatic heterocycles. The van der Waals surface area contributed by atoms with E-state index in [0.29, 0.717) is 26.9 Å². The first-order valence-corrected chi connectivity index (χ1v) is 13.5. The van der Waals surface area contributed by atoms with E-state index in [1.807, 2.05) is 0 Å². The highest BCUT2D eigenvalue weighted by atomic mass is 79.9. The number of thiophene rings is 1. The van der Waals surface area contributed by atoms with Gasteiger partial charge in [-0.25, -0.2) is 4.79 Å². The highest BCUT2D eigenvalue weighted by Crippen LogP contribution is 2.40. The van der Waals surface area contributed by atoms with Crippen LogP contribution in [0.25, 0.3) is 0 Å². The third-order valence-electron chi connectivity index (χ3n) is 6.39. The van der Waals surface area contributed by atoms with Crippen LogP contribution in [0.1, 0.15) is 47.8 Å². The number of benzene rings is 1. The van der Waals surface area contributed by atoms with Gasteiger partial charge in [-0.3, -0.25) is 4.79 Å². The van der Waals surface area contributed by atoms with Crippen LogP contribution in [0.15, 0.2) is 28.7 Å². The lowest BCUT2D eigenvalue weighted by atomic mass is 9.82. The third-order valence-corrected chi connectivity index (χ3v) is 8.24. The van der Waals surface area contributed by atoms with Gasteiger partial charge in [0.15, 0.2) is 5.06 Å². The molecule has 3 rings (SSSR count). The molecular formula is C26H34BrNO7S. The van der Waals surface area contributed by atoms with Crippen molar-refractivity contribution >= 4 is 44.8 Å². The highest BCUT2D eigenvalue weighted by molar-refractivity contribution is 9.10. The fraction of sp³-hybridized carbons (Fsp3) is 0.538. The second-order valence-corrected chi connectivity index (χ2v) is 11.0. The summed E-state index contributed by atoms with van der Waals surface area (Å²) < 4.78 is 22.6. The minimum atomic E-state index is -0.583. The van der Waals surface area contributed by atoms with Crippen molar-refractivity contribution in [2.75, 3.05) is 39.4 Å². The van der Waals surface area contributed by atoms with Gasteiger partial charge in [-0.1, -0.05) is 6.92 Å². The number of amides is 1. The van der Waals surface area contributed by atoms with E-state index in [0.717, 1.165) is 30.6 Å². The summed E-state index contributed by atoms with van der Waals surface area (Å²) in [6.07, 6.45) is 3.59. The van der Waals surface area contributed by atoms with Crippen LogP contribution in [0.5, 0.6) is 10.8 Å². The number of anilines is 1. The van der Waals surface area contributed by atoms with Crippen molar-refractivity contribution in [2.24, 2.45) is 11.8 Å². The maximum atomic E-state index is 13.9. The topological polar surface area (TPSA) is 94.5 Å². The number of aliphatic hydroxyl groups is 1. The number of carbonyl (C=O) groups excluding carboxylic acids is 2. The molecule has 0 bridgehead atoms. The van der Waals surface area contributed by atoms with Crippen LogP contribution in [-0.2, 0) is 25.6 Å². The molecule has 1 aliphatic rings. The maximum Gasteiger partial charge on any atom is 0.340 e. The molecule has 0 spiro atoms.